The molecule has 1 aliphatic heterocycles. The maximum atomic E-state index is 12.1. The third-order valence-corrected chi connectivity index (χ3v) is 4.51. The molecular weight excluding hydrogens is 428 g/mol. The first kappa shape index (κ1) is 17.9. The Bertz CT molecular complexity index is 1130. The average molecular weight is 439 g/mol. The van der Waals surface area contributed by atoms with Gasteiger partial charge in [-0.2, -0.15) is 0 Å². The maximum absolute atomic E-state index is 12.1. The van der Waals surface area contributed by atoms with Crippen molar-refractivity contribution in [1.82, 2.24) is 0 Å². The van der Waals surface area contributed by atoms with Crippen molar-refractivity contribution < 1.29 is 18.9 Å². The number of carbonyl (C=O) groups excluding carboxylic acids is 1. The first-order chi connectivity index (χ1) is 13.5. The van der Waals surface area contributed by atoms with Crippen LogP contribution in [0, 0.1) is 10.1 Å². The van der Waals surface area contributed by atoms with E-state index in [1.807, 2.05) is 24.3 Å². The number of ether oxygens (including phenoxy) is 1. The summed E-state index contributed by atoms with van der Waals surface area (Å²) >= 11 is 3.38. The second-order valence-corrected chi connectivity index (χ2v) is 6.76. The zero-order chi connectivity index (χ0) is 19.7. The van der Waals surface area contributed by atoms with E-state index in [9.17, 15) is 14.9 Å². The summed E-state index contributed by atoms with van der Waals surface area (Å²) in [6, 6.07) is 16.8. The summed E-state index contributed by atoms with van der Waals surface area (Å²) in [6.45, 7) is 0. The number of hydrogen-bond acceptors (Lipinski definition) is 6. The Morgan fingerprint density at radius 1 is 0.964 bits per heavy atom. The minimum Gasteiger partial charge on any atom is -0.457 e. The van der Waals surface area contributed by atoms with Crippen molar-refractivity contribution in [3.8, 4) is 11.3 Å². The predicted octanol–water partition coefficient (Wildman–Crippen LogP) is 4.96. The minimum absolute atomic E-state index is 0.0551. The summed E-state index contributed by atoms with van der Waals surface area (Å²) in [5.74, 6) is 0.588. The lowest BCUT2D eigenvalue weighted by atomic mass is 10.2. The molecule has 1 aliphatic rings. The largest absolute Gasteiger partial charge is 0.457 e. The molecule has 8 heteroatoms. The molecular formula is C20H11BrN2O5. The van der Waals surface area contributed by atoms with Crippen LogP contribution in [0.25, 0.3) is 17.4 Å². The highest BCUT2D eigenvalue weighted by atomic mass is 79.9. The van der Waals surface area contributed by atoms with Crippen LogP contribution < -0.4 is 0 Å². The first-order valence-corrected chi connectivity index (χ1v) is 8.92. The van der Waals surface area contributed by atoms with Gasteiger partial charge in [-0.25, -0.2) is 9.79 Å². The Labute approximate surface area is 167 Å². The molecule has 0 atom stereocenters. The zero-order valence-corrected chi connectivity index (χ0v) is 15.8. The number of benzene rings is 2. The van der Waals surface area contributed by atoms with Crippen LogP contribution in [-0.2, 0) is 9.53 Å². The van der Waals surface area contributed by atoms with E-state index in [2.05, 4.69) is 20.9 Å². The van der Waals surface area contributed by atoms with Gasteiger partial charge in [0.2, 0.25) is 5.90 Å². The van der Waals surface area contributed by atoms with Gasteiger partial charge in [0.05, 0.1) is 4.92 Å². The van der Waals surface area contributed by atoms with E-state index < -0.39 is 10.9 Å². The van der Waals surface area contributed by atoms with Crippen molar-refractivity contribution >= 4 is 39.6 Å². The Kier molecular flexibility index (Phi) is 4.62. The van der Waals surface area contributed by atoms with E-state index in [0.717, 1.165) is 10.0 Å². The highest BCUT2D eigenvalue weighted by Crippen LogP contribution is 2.26. The molecule has 0 aliphatic carbocycles. The Balaban J connectivity index is 1.58. The number of nitro benzene ring substituents is 1. The van der Waals surface area contributed by atoms with Crippen LogP contribution in [0.1, 0.15) is 11.3 Å². The monoisotopic (exact) mass is 438 g/mol. The van der Waals surface area contributed by atoms with Crippen LogP contribution >= 0.6 is 15.9 Å². The van der Waals surface area contributed by atoms with Crippen molar-refractivity contribution in [3.05, 3.63) is 92.3 Å². The van der Waals surface area contributed by atoms with Crippen LogP contribution in [0.2, 0.25) is 0 Å². The number of furan rings is 1. The number of non-ortho nitro benzene ring substituents is 1. The van der Waals surface area contributed by atoms with Crippen LogP contribution in [0.15, 0.2) is 80.2 Å². The van der Waals surface area contributed by atoms with Crippen molar-refractivity contribution in [3.63, 3.8) is 0 Å². The van der Waals surface area contributed by atoms with Gasteiger partial charge < -0.3 is 9.15 Å². The third kappa shape index (κ3) is 3.63. The van der Waals surface area contributed by atoms with E-state index in [1.54, 1.807) is 12.1 Å². The Morgan fingerprint density at radius 2 is 1.64 bits per heavy atom. The van der Waals surface area contributed by atoms with Crippen LogP contribution in [0.3, 0.4) is 0 Å². The molecule has 1 aromatic heterocycles. The number of esters is 1. The molecule has 2 aromatic carbocycles. The first-order valence-electron chi connectivity index (χ1n) is 8.13. The van der Waals surface area contributed by atoms with Crippen LogP contribution in [-0.4, -0.2) is 16.8 Å². The van der Waals surface area contributed by atoms with Crippen molar-refractivity contribution in [2.24, 2.45) is 4.99 Å². The Morgan fingerprint density at radius 3 is 2.32 bits per heavy atom. The summed E-state index contributed by atoms with van der Waals surface area (Å²) in [4.78, 5) is 26.5. The standard InChI is InChI=1S/C20H11BrN2O5/c21-14-5-1-12(2-6-14)18-10-9-16(27-18)11-17-20(24)28-19(22-17)13-3-7-15(8-4-13)23(25)26/h1-11H/b17-11-. The molecule has 0 saturated heterocycles. The Hall–Kier alpha value is -3.52. The lowest BCUT2D eigenvalue weighted by Gasteiger charge is -1.98. The minimum atomic E-state index is -0.616. The van der Waals surface area contributed by atoms with Gasteiger partial charge in [0, 0.05) is 33.8 Å². The topological polar surface area (TPSA) is 94.9 Å². The molecule has 4 rings (SSSR count). The van der Waals surface area contributed by atoms with Crippen molar-refractivity contribution in [1.29, 1.82) is 0 Å². The van der Waals surface area contributed by atoms with E-state index >= 15 is 0 Å². The molecule has 138 valence electrons. The molecule has 0 radical (unpaired) electrons. The van der Waals surface area contributed by atoms with E-state index in [-0.39, 0.29) is 17.3 Å². The molecule has 28 heavy (non-hydrogen) atoms. The molecule has 0 spiro atoms. The van der Waals surface area contributed by atoms with Gasteiger partial charge >= 0.3 is 5.97 Å². The molecule has 7 nitrogen and oxygen atoms in total. The zero-order valence-electron chi connectivity index (χ0n) is 14.2. The molecule has 3 aromatic rings. The van der Waals surface area contributed by atoms with Crippen molar-refractivity contribution in [2.75, 3.05) is 0 Å². The average Bonchev–Trinajstić information content (AvgIpc) is 3.30. The number of halogens is 1. The fourth-order valence-electron chi connectivity index (χ4n) is 2.59. The van der Waals surface area contributed by atoms with Gasteiger partial charge in [0.25, 0.3) is 5.69 Å². The number of rotatable bonds is 4. The molecule has 2 heterocycles. The van der Waals surface area contributed by atoms with E-state index in [4.69, 9.17) is 9.15 Å². The SMILES string of the molecule is O=C1OC(c2ccc([N+](=O)[O-])cc2)=N/C1=C\c1ccc(-c2ccc(Br)cc2)o1. The fourth-order valence-corrected chi connectivity index (χ4v) is 2.86. The number of cyclic esters (lactones) is 1. The molecule has 0 unspecified atom stereocenters. The normalized spacial score (nSPS) is 14.8. The fraction of sp³-hybridized carbons (Fsp3) is 0. The maximum Gasteiger partial charge on any atom is 0.363 e. The summed E-state index contributed by atoms with van der Waals surface area (Å²) < 4.78 is 11.9. The van der Waals surface area contributed by atoms with Gasteiger partial charge in [-0.3, -0.25) is 10.1 Å². The predicted molar refractivity (Wildman–Crippen MR) is 106 cm³/mol. The van der Waals surface area contributed by atoms with Gasteiger partial charge in [-0.15, -0.1) is 0 Å². The highest BCUT2D eigenvalue weighted by Gasteiger charge is 2.25. The number of hydrogen-bond donors (Lipinski definition) is 0. The number of aliphatic imine (C=N–C) groups is 1. The van der Waals surface area contributed by atoms with Crippen LogP contribution in [0.5, 0.6) is 0 Å². The van der Waals surface area contributed by atoms with Gasteiger partial charge in [-0.1, -0.05) is 28.1 Å². The summed E-state index contributed by atoms with van der Waals surface area (Å²) in [5, 5.41) is 10.7. The summed E-state index contributed by atoms with van der Waals surface area (Å²) in [5.41, 5.74) is 1.40. The molecule has 0 N–H and O–H groups in total. The van der Waals surface area contributed by atoms with E-state index in [1.165, 1.54) is 30.3 Å². The number of nitro groups is 1. The molecule has 0 bridgehead atoms. The van der Waals surface area contributed by atoms with Gasteiger partial charge in [0.1, 0.15) is 11.5 Å². The second kappa shape index (κ2) is 7.24. The molecule has 0 saturated carbocycles. The quantitative estimate of drug-likeness (QED) is 0.248. The smallest absolute Gasteiger partial charge is 0.363 e. The summed E-state index contributed by atoms with van der Waals surface area (Å²) in [7, 11) is 0. The molecule has 0 fully saturated rings. The van der Waals surface area contributed by atoms with Gasteiger partial charge in [-0.05, 0) is 36.4 Å². The van der Waals surface area contributed by atoms with Crippen molar-refractivity contribution in [2.45, 2.75) is 0 Å². The molecule has 0 amide bonds. The van der Waals surface area contributed by atoms with E-state index in [0.29, 0.717) is 17.1 Å². The lowest BCUT2D eigenvalue weighted by molar-refractivity contribution is -0.384. The number of carbonyl (C=O) groups is 1. The lowest BCUT2D eigenvalue weighted by Crippen LogP contribution is -2.05. The van der Waals surface area contributed by atoms with Gasteiger partial charge in [0.15, 0.2) is 5.70 Å². The number of nitrogens with zero attached hydrogens (tertiary/aromatic N) is 2. The summed E-state index contributed by atoms with van der Waals surface area (Å²) in [6.07, 6.45) is 1.49. The highest BCUT2D eigenvalue weighted by molar-refractivity contribution is 9.10. The third-order valence-electron chi connectivity index (χ3n) is 3.98. The second-order valence-electron chi connectivity index (χ2n) is 5.85. The van der Waals surface area contributed by atoms with Crippen LogP contribution in [0.4, 0.5) is 5.69 Å².